The minimum absolute atomic E-state index is 0.00169. The molecule has 3 unspecified atom stereocenters. The highest BCUT2D eigenvalue weighted by Gasteiger charge is 2.55. The van der Waals surface area contributed by atoms with Gasteiger partial charge in [0.05, 0.1) is 22.5 Å². The van der Waals surface area contributed by atoms with Gasteiger partial charge in [0.2, 0.25) is 5.91 Å². The summed E-state index contributed by atoms with van der Waals surface area (Å²) in [5, 5.41) is 6.04. The van der Waals surface area contributed by atoms with Gasteiger partial charge in [0.15, 0.2) is 0 Å². The zero-order chi connectivity index (χ0) is 20.9. The van der Waals surface area contributed by atoms with E-state index in [1.807, 2.05) is 20.8 Å². The van der Waals surface area contributed by atoms with Crippen LogP contribution in [0.2, 0.25) is 0 Å². The van der Waals surface area contributed by atoms with Gasteiger partial charge in [0.25, 0.3) is 12.3 Å². The van der Waals surface area contributed by atoms with E-state index in [0.29, 0.717) is 6.42 Å². The summed E-state index contributed by atoms with van der Waals surface area (Å²) in [5.74, 6) is -1.09. The lowest BCUT2D eigenvalue weighted by Crippen LogP contribution is -2.50. The fourth-order valence-corrected chi connectivity index (χ4v) is 5.43. The van der Waals surface area contributed by atoms with Crippen LogP contribution in [-0.4, -0.2) is 45.1 Å². The number of rotatable bonds is 5. The number of thioether (sulfide) groups is 1. The third-order valence-corrected chi connectivity index (χ3v) is 6.97. The van der Waals surface area contributed by atoms with Crippen molar-refractivity contribution >= 4 is 23.6 Å². The van der Waals surface area contributed by atoms with Gasteiger partial charge >= 0.3 is 0 Å². The lowest BCUT2D eigenvalue weighted by Gasteiger charge is -2.38. The third-order valence-electron chi connectivity index (χ3n) is 5.17. The molecule has 10 heteroatoms. The molecule has 3 rings (SSSR count). The van der Waals surface area contributed by atoms with Crippen LogP contribution in [0.15, 0.2) is 22.7 Å². The SMILES string of the molecule is CC1CC2=C(SC(NC(=O)c3ccn(CC(F)F)n3)C2(C)C(N)=O)C(C)(C)O1. The molecule has 3 atom stereocenters. The Balaban J connectivity index is 1.85. The minimum Gasteiger partial charge on any atom is -0.369 e. The Hall–Kier alpha value is -1.94. The summed E-state index contributed by atoms with van der Waals surface area (Å²) in [7, 11) is 0. The number of primary amides is 1. The Morgan fingerprint density at radius 3 is 2.75 bits per heavy atom. The highest BCUT2D eigenvalue weighted by atomic mass is 32.2. The van der Waals surface area contributed by atoms with E-state index in [9.17, 15) is 18.4 Å². The number of hydrogen-bond acceptors (Lipinski definition) is 5. The number of nitrogens with two attached hydrogens (primary N) is 1. The van der Waals surface area contributed by atoms with Crippen LogP contribution in [0.3, 0.4) is 0 Å². The first-order chi connectivity index (χ1) is 12.9. The lowest BCUT2D eigenvalue weighted by molar-refractivity contribution is -0.125. The average Bonchev–Trinajstić information content (AvgIpc) is 3.12. The van der Waals surface area contributed by atoms with E-state index >= 15 is 0 Å². The maximum Gasteiger partial charge on any atom is 0.272 e. The van der Waals surface area contributed by atoms with Crippen LogP contribution in [0.25, 0.3) is 0 Å². The first-order valence-electron chi connectivity index (χ1n) is 8.96. The van der Waals surface area contributed by atoms with Gasteiger partial charge < -0.3 is 15.8 Å². The molecule has 2 aliphatic rings. The number of alkyl halides is 2. The molecule has 0 aliphatic carbocycles. The molecule has 0 radical (unpaired) electrons. The van der Waals surface area contributed by atoms with E-state index in [-0.39, 0.29) is 11.8 Å². The zero-order valence-electron chi connectivity index (χ0n) is 16.2. The van der Waals surface area contributed by atoms with Crippen molar-refractivity contribution in [2.75, 3.05) is 0 Å². The molecule has 0 spiro atoms. The van der Waals surface area contributed by atoms with Crippen molar-refractivity contribution in [2.45, 2.75) is 64.2 Å². The summed E-state index contributed by atoms with van der Waals surface area (Å²) < 4.78 is 32.0. The summed E-state index contributed by atoms with van der Waals surface area (Å²) in [6, 6.07) is 1.36. The number of hydrogen-bond donors (Lipinski definition) is 2. The predicted molar refractivity (Wildman–Crippen MR) is 101 cm³/mol. The van der Waals surface area contributed by atoms with E-state index in [4.69, 9.17) is 10.5 Å². The number of nitrogens with zero attached hydrogens (tertiary/aromatic N) is 2. The highest BCUT2D eigenvalue weighted by molar-refractivity contribution is 8.04. The summed E-state index contributed by atoms with van der Waals surface area (Å²) in [5.41, 5.74) is 4.94. The first kappa shape index (κ1) is 20.8. The van der Waals surface area contributed by atoms with Crippen molar-refractivity contribution in [3.8, 4) is 0 Å². The van der Waals surface area contributed by atoms with Crippen LogP contribution < -0.4 is 11.1 Å². The molecule has 0 bridgehead atoms. The molecule has 2 aliphatic heterocycles. The quantitative estimate of drug-likeness (QED) is 0.770. The van der Waals surface area contributed by atoms with Crippen LogP contribution >= 0.6 is 11.8 Å². The molecule has 7 nitrogen and oxygen atoms in total. The predicted octanol–water partition coefficient (Wildman–Crippen LogP) is 2.28. The normalized spacial score (nSPS) is 29.1. The number of halogens is 2. The number of nitrogens with one attached hydrogen (secondary N) is 1. The van der Waals surface area contributed by atoms with Gasteiger partial charge in [-0.15, -0.1) is 11.8 Å². The van der Waals surface area contributed by atoms with Gasteiger partial charge in [-0.2, -0.15) is 5.10 Å². The Bertz CT molecular complexity index is 839. The molecule has 0 fully saturated rings. The molecule has 28 heavy (non-hydrogen) atoms. The van der Waals surface area contributed by atoms with Gasteiger partial charge in [-0.25, -0.2) is 8.78 Å². The van der Waals surface area contributed by atoms with Gasteiger partial charge in [-0.3, -0.25) is 14.3 Å². The Morgan fingerprint density at radius 1 is 1.46 bits per heavy atom. The molecule has 3 heterocycles. The van der Waals surface area contributed by atoms with Crippen molar-refractivity contribution in [3.63, 3.8) is 0 Å². The molecule has 3 N–H and O–H groups in total. The monoisotopic (exact) mass is 414 g/mol. The molecule has 154 valence electrons. The van der Waals surface area contributed by atoms with Gasteiger partial charge in [-0.1, -0.05) is 0 Å². The maximum atomic E-state index is 12.7. The largest absolute Gasteiger partial charge is 0.369 e. The topological polar surface area (TPSA) is 99.2 Å². The summed E-state index contributed by atoms with van der Waals surface area (Å²) >= 11 is 1.35. The Kier molecular flexibility index (Phi) is 5.30. The Labute approximate surface area is 166 Å². The van der Waals surface area contributed by atoms with Crippen LogP contribution in [0.5, 0.6) is 0 Å². The number of carbonyl (C=O) groups excluding carboxylic acids is 2. The smallest absolute Gasteiger partial charge is 0.272 e. The van der Waals surface area contributed by atoms with Crippen LogP contribution in [0.1, 0.15) is 44.6 Å². The third kappa shape index (κ3) is 3.55. The second-order valence-corrected chi connectivity index (χ2v) is 8.92. The molecule has 0 aromatic carbocycles. The molecular weight excluding hydrogens is 390 g/mol. The highest BCUT2D eigenvalue weighted by Crippen LogP contribution is 2.57. The molecular formula is C18H24F2N4O3S. The number of ether oxygens (including phenoxy) is 1. The fraction of sp³-hybridized carbons (Fsp3) is 0.611. The molecule has 1 aromatic heterocycles. The summed E-state index contributed by atoms with van der Waals surface area (Å²) in [6.45, 7) is 6.90. The van der Waals surface area contributed by atoms with E-state index in [2.05, 4.69) is 10.4 Å². The summed E-state index contributed by atoms with van der Waals surface area (Å²) in [6.07, 6.45) is -0.800. The molecule has 1 aromatic rings. The van der Waals surface area contributed by atoms with Gasteiger partial charge in [-0.05, 0) is 45.8 Å². The average molecular weight is 414 g/mol. The fourth-order valence-electron chi connectivity index (χ4n) is 3.77. The van der Waals surface area contributed by atoms with Crippen molar-refractivity contribution < 1.29 is 23.1 Å². The van der Waals surface area contributed by atoms with Gasteiger partial charge in [0, 0.05) is 11.1 Å². The maximum absolute atomic E-state index is 12.7. The van der Waals surface area contributed by atoms with E-state index in [1.54, 1.807) is 6.92 Å². The molecule has 0 saturated carbocycles. The lowest BCUT2D eigenvalue weighted by atomic mass is 9.75. The van der Waals surface area contributed by atoms with E-state index in [1.165, 1.54) is 24.0 Å². The van der Waals surface area contributed by atoms with Crippen molar-refractivity contribution in [1.29, 1.82) is 0 Å². The second-order valence-electron chi connectivity index (χ2n) is 7.80. The summed E-state index contributed by atoms with van der Waals surface area (Å²) in [4.78, 5) is 26.0. The Morgan fingerprint density at radius 2 is 2.14 bits per heavy atom. The second kappa shape index (κ2) is 7.14. The number of carbonyl (C=O) groups is 2. The van der Waals surface area contributed by atoms with Crippen LogP contribution in [-0.2, 0) is 16.1 Å². The molecule has 0 saturated heterocycles. The number of aromatic nitrogens is 2. The van der Waals surface area contributed by atoms with Crippen molar-refractivity contribution in [3.05, 3.63) is 28.4 Å². The van der Waals surface area contributed by atoms with Crippen molar-refractivity contribution in [2.24, 2.45) is 11.1 Å². The zero-order valence-corrected chi connectivity index (χ0v) is 17.0. The van der Waals surface area contributed by atoms with Gasteiger partial charge in [0.1, 0.15) is 12.2 Å². The minimum atomic E-state index is -2.57. The van der Waals surface area contributed by atoms with Crippen molar-refractivity contribution in [1.82, 2.24) is 15.1 Å². The standard InChI is InChI=1S/C18H24F2N4O3S/c1-9-7-10-13(17(2,3)27-9)28-16(18(10,4)15(21)26)22-14(25)11-5-6-24(23-11)8-12(19)20/h5-6,9,12,16H,7-8H2,1-4H3,(H2,21,26)(H,22,25). The molecule has 2 amide bonds. The van der Waals surface area contributed by atoms with Crippen LogP contribution in [0, 0.1) is 5.41 Å². The first-order valence-corrected chi connectivity index (χ1v) is 9.84. The van der Waals surface area contributed by atoms with E-state index < -0.39 is 41.2 Å². The van der Waals surface area contributed by atoms with E-state index in [0.717, 1.165) is 15.2 Å². The number of amides is 2. The van der Waals surface area contributed by atoms with Crippen LogP contribution in [0.4, 0.5) is 8.78 Å².